The van der Waals surface area contributed by atoms with Gasteiger partial charge in [0.15, 0.2) is 0 Å². The number of imidazole rings is 1. The number of halogens is 3. The summed E-state index contributed by atoms with van der Waals surface area (Å²) in [6.45, 7) is 0. The topological polar surface area (TPSA) is 70.2 Å². The molecule has 0 saturated heterocycles. The van der Waals surface area contributed by atoms with Gasteiger partial charge in [0.1, 0.15) is 0 Å². The van der Waals surface area contributed by atoms with E-state index in [1.165, 1.54) is 23.2 Å². The van der Waals surface area contributed by atoms with Crippen molar-refractivity contribution >= 4 is 50.4 Å². The fraction of sp³-hybridized carbons (Fsp3) is 0. The molecule has 6 nitrogen and oxygen atoms in total. The first-order valence-corrected chi connectivity index (χ1v) is 6.70. The van der Waals surface area contributed by atoms with Crippen molar-refractivity contribution in [2.75, 3.05) is 0 Å². The van der Waals surface area contributed by atoms with Crippen molar-refractivity contribution in [3.05, 3.63) is 55.8 Å². The van der Waals surface area contributed by atoms with Crippen LogP contribution in [0, 0.1) is 10.1 Å². The highest BCUT2D eigenvalue weighted by molar-refractivity contribution is 9.10. The summed E-state index contributed by atoms with van der Waals surface area (Å²) in [5.41, 5.74) is 0.678. The summed E-state index contributed by atoms with van der Waals surface area (Å²) in [6, 6.07) is 4.89. The van der Waals surface area contributed by atoms with Crippen LogP contribution < -0.4 is 4.84 Å². The fourth-order valence-electron chi connectivity index (χ4n) is 1.41. The summed E-state index contributed by atoms with van der Waals surface area (Å²) in [5.74, 6) is 0. The Morgan fingerprint density at radius 2 is 2.30 bits per heavy atom. The van der Waals surface area contributed by atoms with Gasteiger partial charge >= 0.3 is 5.09 Å². The molecule has 0 saturated carbocycles. The summed E-state index contributed by atoms with van der Waals surface area (Å²) in [5, 5.41) is 10.3. The van der Waals surface area contributed by atoms with Gasteiger partial charge in [0.05, 0.1) is 5.03 Å². The van der Waals surface area contributed by atoms with E-state index >= 15 is 0 Å². The van der Waals surface area contributed by atoms with Crippen LogP contribution in [0.2, 0.25) is 5.02 Å². The summed E-state index contributed by atoms with van der Waals surface area (Å²) < 4.78 is 2.00. The number of benzene rings is 1. The SMILES string of the molecule is O=[N+]([O-])Oc1nccn1/C=C(/Cl)c1ccc(Cl)cc1Br. The maximum absolute atomic E-state index is 10.3. The second-order valence-electron chi connectivity index (χ2n) is 3.53. The normalized spacial score (nSPS) is 11.4. The highest BCUT2D eigenvalue weighted by Gasteiger charge is 2.09. The third kappa shape index (κ3) is 3.50. The zero-order chi connectivity index (χ0) is 14.7. The first-order chi connectivity index (χ1) is 9.47. The Bertz CT molecular complexity index is 687. The summed E-state index contributed by atoms with van der Waals surface area (Å²) >= 11 is 15.4. The number of hydrogen-bond acceptors (Lipinski definition) is 4. The Balaban J connectivity index is 2.35. The Labute approximate surface area is 131 Å². The van der Waals surface area contributed by atoms with Gasteiger partial charge in [-0.15, -0.1) is 10.1 Å². The summed E-state index contributed by atoms with van der Waals surface area (Å²) in [4.78, 5) is 18.3. The maximum atomic E-state index is 10.3. The van der Waals surface area contributed by atoms with Crippen LogP contribution in [-0.2, 0) is 0 Å². The molecule has 0 atom stereocenters. The van der Waals surface area contributed by atoms with Crippen molar-refractivity contribution in [1.29, 1.82) is 0 Å². The molecule has 2 aromatic rings. The largest absolute Gasteiger partial charge is 0.302 e. The van der Waals surface area contributed by atoms with Crippen molar-refractivity contribution in [3.8, 4) is 6.01 Å². The molecular weight excluding hydrogens is 373 g/mol. The van der Waals surface area contributed by atoms with Crippen molar-refractivity contribution in [2.45, 2.75) is 0 Å². The van der Waals surface area contributed by atoms with Gasteiger partial charge in [0, 0.05) is 33.7 Å². The van der Waals surface area contributed by atoms with Gasteiger partial charge in [-0.05, 0) is 12.1 Å². The molecule has 2 rings (SSSR count). The molecule has 0 aliphatic carbocycles. The van der Waals surface area contributed by atoms with E-state index in [4.69, 9.17) is 23.2 Å². The first-order valence-electron chi connectivity index (χ1n) is 5.15. The zero-order valence-corrected chi connectivity index (χ0v) is 12.8. The Morgan fingerprint density at radius 3 is 2.95 bits per heavy atom. The van der Waals surface area contributed by atoms with E-state index in [1.54, 1.807) is 18.2 Å². The van der Waals surface area contributed by atoms with Crippen LogP contribution >= 0.6 is 39.1 Å². The molecule has 0 bridgehead atoms. The number of aromatic nitrogens is 2. The average Bonchev–Trinajstić information content (AvgIpc) is 2.75. The molecule has 0 N–H and O–H groups in total. The molecule has 0 fully saturated rings. The van der Waals surface area contributed by atoms with Gasteiger partial charge in [-0.2, -0.15) is 0 Å². The van der Waals surface area contributed by atoms with Gasteiger partial charge in [-0.1, -0.05) is 45.2 Å². The fourth-order valence-corrected chi connectivity index (χ4v) is 2.69. The maximum Gasteiger partial charge on any atom is 0.302 e. The van der Waals surface area contributed by atoms with Crippen LogP contribution in [0.15, 0.2) is 35.1 Å². The minimum atomic E-state index is -0.946. The molecule has 104 valence electrons. The van der Waals surface area contributed by atoms with Crippen LogP contribution in [0.5, 0.6) is 6.01 Å². The van der Waals surface area contributed by atoms with E-state index in [-0.39, 0.29) is 6.01 Å². The standard InChI is InChI=1S/C11H6BrCl2N3O3/c12-9-5-7(13)1-2-8(9)10(14)6-16-4-3-15-11(16)20-17(18)19/h1-6H/b10-6+. The lowest BCUT2D eigenvalue weighted by atomic mass is 10.2. The second kappa shape index (κ2) is 6.25. The molecular formula is C11H6BrCl2N3O3. The van der Waals surface area contributed by atoms with Crippen molar-refractivity contribution in [2.24, 2.45) is 0 Å². The van der Waals surface area contributed by atoms with Crippen molar-refractivity contribution in [1.82, 2.24) is 9.55 Å². The number of rotatable bonds is 4. The van der Waals surface area contributed by atoms with Crippen LogP contribution in [0.25, 0.3) is 11.2 Å². The van der Waals surface area contributed by atoms with Gasteiger partial charge in [-0.25, -0.2) is 9.82 Å². The average molecular weight is 379 g/mol. The van der Waals surface area contributed by atoms with E-state index in [9.17, 15) is 10.1 Å². The van der Waals surface area contributed by atoms with Crippen molar-refractivity contribution < 1.29 is 9.92 Å². The number of hydrogen-bond donors (Lipinski definition) is 0. The minimum Gasteiger partial charge on any atom is -0.286 e. The van der Waals surface area contributed by atoms with Gasteiger partial charge in [0.2, 0.25) is 0 Å². The van der Waals surface area contributed by atoms with E-state index in [1.807, 2.05) is 0 Å². The zero-order valence-electron chi connectivity index (χ0n) is 9.66. The van der Waals surface area contributed by atoms with Crippen LogP contribution in [0.1, 0.15) is 5.56 Å². The Morgan fingerprint density at radius 1 is 1.55 bits per heavy atom. The third-order valence-corrected chi connectivity index (χ3v) is 3.42. The molecule has 20 heavy (non-hydrogen) atoms. The highest BCUT2D eigenvalue weighted by atomic mass is 79.9. The summed E-state index contributed by atoms with van der Waals surface area (Å²) in [7, 11) is 0. The van der Waals surface area contributed by atoms with E-state index in [0.717, 1.165) is 0 Å². The molecule has 0 aliphatic rings. The molecule has 1 aromatic heterocycles. The van der Waals surface area contributed by atoms with E-state index in [0.29, 0.717) is 20.1 Å². The lowest BCUT2D eigenvalue weighted by Crippen LogP contribution is -2.07. The lowest BCUT2D eigenvalue weighted by molar-refractivity contribution is -0.713. The monoisotopic (exact) mass is 377 g/mol. The Kier molecular flexibility index (Phi) is 4.64. The van der Waals surface area contributed by atoms with Gasteiger partial charge in [-0.3, -0.25) is 4.57 Å². The molecule has 0 spiro atoms. The van der Waals surface area contributed by atoms with Crippen LogP contribution in [0.3, 0.4) is 0 Å². The van der Waals surface area contributed by atoms with Crippen molar-refractivity contribution in [3.63, 3.8) is 0 Å². The van der Waals surface area contributed by atoms with Gasteiger partial charge < -0.3 is 0 Å². The third-order valence-electron chi connectivity index (χ3n) is 2.23. The summed E-state index contributed by atoms with van der Waals surface area (Å²) in [6.07, 6.45) is 4.28. The van der Waals surface area contributed by atoms with Gasteiger partial charge in [0.25, 0.3) is 6.01 Å². The first kappa shape index (κ1) is 14.8. The van der Waals surface area contributed by atoms with E-state index < -0.39 is 5.09 Å². The predicted octanol–water partition coefficient (Wildman–Crippen LogP) is 4.06. The lowest BCUT2D eigenvalue weighted by Gasteiger charge is -2.05. The molecule has 0 amide bonds. The number of nitrogens with zero attached hydrogens (tertiary/aromatic N) is 3. The van der Waals surface area contributed by atoms with Crippen LogP contribution in [0.4, 0.5) is 0 Å². The van der Waals surface area contributed by atoms with E-state index in [2.05, 4.69) is 25.8 Å². The molecule has 9 heteroatoms. The van der Waals surface area contributed by atoms with Crippen LogP contribution in [-0.4, -0.2) is 14.6 Å². The Hall–Kier alpha value is -1.57. The second-order valence-corrected chi connectivity index (χ2v) is 5.23. The molecule has 1 heterocycles. The molecule has 0 radical (unpaired) electrons. The molecule has 0 unspecified atom stereocenters. The quantitative estimate of drug-likeness (QED) is 0.594. The minimum absolute atomic E-state index is 0.196. The smallest absolute Gasteiger partial charge is 0.286 e. The molecule has 0 aliphatic heterocycles. The molecule has 1 aromatic carbocycles. The highest BCUT2D eigenvalue weighted by Crippen LogP contribution is 2.30. The predicted molar refractivity (Wildman–Crippen MR) is 79.0 cm³/mol.